The average molecular weight is 276 g/mol. The monoisotopic (exact) mass is 276 g/mol. The lowest BCUT2D eigenvalue weighted by Gasteiger charge is -2.50. The molecule has 1 aliphatic rings. The van der Waals surface area contributed by atoms with Gasteiger partial charge in [0.2, 0.25) is 0 Å². The summed E-state index contributed by atoms with van der Waals surface area (Å²) in [6, 6.07) is 10.8. The fraction of sp³-hybridized carbons (Fsp3) is 0.647. The Hall–Kier alpha value is -0.900. The second-order valence-corrected chi connectivity index (χ2v) is 6.73. The highest BCUT2D eigenvalue weighted by atomic mass is 16.5. The molecule has 2 unspecified atom stereocenters. The third-order valence-electron chi connectivity index (χ3n) is 4.30. The highest BCUT2D eigenvalue weighted by molar-refractivity contribution is 5.21. The van der Waals surface area contributed by atoms with Gasteiger partial charge in [0.05, 0.1) is 13.2 Å². The van der Waals surface area contributed by atoms with Crippen LogP contribution in [0.1, 0.15) is 39.3 Å². The van der Waals surface area contributed by atoms with Crippen LogP contribution >= 0.6 is 0 Å². The van der Waals surface area contributed by atoms with Crippen LogP contribution in [0.5, 0.6) is 0 Å². The van der Waals surface area contributed by atoms with Crippen molar-refractivity contribution >= 4 is 0 Å². The standard InChI is InChI=1S/C17H28N2O/c1-13(2)16(15(18)14-8-6-5-7-9-14)19-10-11-20-12-17(19,3)4/h5-9,13,15-16H,10-12,18H2,1-4H3. The van der Waals surface area contributed by atoms with Crippen molar-refractivity contribution < 1.29 is 4.74 Å². The summed E-state index contributed by atoms with van der Waals surface area (Å²) in [6.07, 6.45) is 0. The van der Waals surface area contributed by atoms with Gasteiger partial charge in [-0.2, -0.15) is 0 Å². The van der Waals surface area contributed by atoms with E-state index >= 15 is 0 Å². The molecule has 20 heavy (non-hydrogen) atoms. The van der Waals surface area contributed by atoms with Gasteiger partial charge in [0.1, 0.15) is 0 Å². The molecule has 1 aromatic carbocycles. The average Bonchev–Trinajstić information content (AvgIpc) is 2.41. The van der Waals surface area contributed by atoms with Gasteiger partial charge < -0.3 is 10.5 Å². The van der Waals surface area contributed by atoms with Gasteiger partial charge in [-0.05, 0) is 25.3 Å². The molecule has 0 radical (unpaired) electrons. The van der Waals surface area contributed by atoms with E-state index in [0.29, 0.717) is 12.0 Å². The molecule has 1 aliphatic heterocycles. The fourth-order valence-corrected chi connectivity index (χ4v) is 3.26. The van der Waals surface area contributed by atoms with Gasteiger partial charge in [0.25, 0.3) is 0 Å². The Bertz CT molecular complexity index is 416. The van der Waals surface area contributed by atoms with Crippen molar-refractivity contribution in [2.75, 3.05) is 19.8 Å². The first-order chi connectivity index (χ1) is 9.43. The van der Waals surface area contributed by atoms with Gasteiger partial charge in [-0.25, -0.2) is 0 Å². The molecule has 0 bridgehead atoms. The lowest BCUT2D eigenvalue weighted by atomic mass is 9.86. The van der Waals surface area contributed by atoms with Gasteiger partial charge in [-0.15, -0.1) is 0 Å². The van der Waals surface area contributed by atoms with E-state index in [1.807, 2.05) is 6.07 Å². The molecule has 1 fully saturated rings. The van der Waals surface area contributed by atoms with Crippen LogP contribution in [0.15, 0.2) is 30.3 Å². The first kappa shape index (κ1) is 15.5. The first-order valence-electron chi connectivity index (χ1n) is 7.58. The molecule has 0 spiro atoms. The van der Waals surface area contributed by atoms with Crippen molar-refractivity contribution in [3.8, 4) is 0 Å². The number of morpholine rings is 1. The van der Waals surface area contributed by atoms with Crippen molar-refractivity contribution in [3.05, 3.63) is 35.9 Å². The predicted molar refractivity (Wildman–Crippen MR) is 83.6 cm³/mol. The van der Waals surface area contributed by atoms with E-state index < -0.39 is 0 Å². The molecule has 2 atom stereocenters. The molecule has 112 valence electrons. The van der Waals surface area contributed by atoms with Crippen LogP contribution in [-0.2, 0) is 4.74 Å². The van der Waals surface area contributed by atoms with Crippen LogP contribution in [-0.4, -0.2) is 36.2 Å². The number of nitrogens with two attached hydrogens (primary N) is 1. The molecule has 2 rings (SSSR count). The third-order valence-corrected chi connectivity index (χ3v) is 4.30. The lowest BCUT2D eigenvalue weighted by Crippen LogP contribution is -2.61. The smallest absolute Gasteiger partial charge is 0.0645 e. The minimum Gasteiger partial charge on any atom is -0.378 e. The van der Waals surface area contributed by atoms with E-state index in [0.717, 1.165) is 19.8 Å². The molecule has 0 saturated carbocycles. The summed E-state index contributed by atoms with van der Waals surface area (Å²) in [6.45, 7) is 11.6. The van der Waals surface area contributed by atoms with E-state index in [4.69, 9.17) is 10.5 Å². The number of benzene rings is 1. The highest BCUT2D eigenvalue weighted by Crippen LogP contribution is 2.31. The summed E-state index contributed by atoms with van der Waals surface area (Å²) in [5.41, 5.74) is 7.87. The zero-order valence-electron chi connectivity index (χ0n) is 13.2. The predicted octanol–water partition coefficient (Wildman–Crippen LogP) is 2.82. The Labute approximate surface area is 123 Å². The van der Waals surface area contributed by atoms with Crippen LogP contribution in [0.2, 0.25) is 0 Å². The molecule has 1 saturated heterocycles. The maximum atomic E-state index is 6.61. The summed E-state index contributed by atoms with van der Waals surface area (Å²) in [5.74, 6) is 0.502. The Kier molecular flexibility index (Phi) is 4.84. The maximum absolute atomic E-state index is 6.61. The molecule has 0 aromatic heterocycles. The second kappa shape index (κ2) is 6.25. The minimum atomic E-state index is 0.0357. The van der Waals surface area contributed by atoms with Crippen LogP contribution in [0, 0.1) is 5.92 Å². The minimum absolute atomic E-state index is 0.0357. The summed E-state index contributed by atoms with van der Waals surface area (Å²) in [5, 5.41) is 0. The van der Waals surface area contributed by atoms with E-state index in [9.17, 15) is 0 Å². The van der Waals surface area contributed by atoms with Crippen molar-refractivity contribution in [1.29, 1.82) is 0 Å². The maximum Gasteiger partial charge on any atom is 0.0645 e. The van der Waals surface area contributed by atoms with Crippen molar-refractivity contribution in [3.63, 3.8) is 0 Å². The molecule has 0 amide bonds. The van der Waals surface area contributed by atoms with Gasteiger partial charge in [-0.3, -0.25) is 4.90 Å². The normalized spacial score (nSPS) is 22.7. The lowest BCUT2D eigenvalue weighted by molar-refractivity contribution is -0.0857. The number of ether oxygens (including phenoxy) is 1. The zero-order chi connectivity index (χ0) is 14.8. The SMILES string of the molecule is CC(C)C(C(N)c1ccccc1)N1CCOCC1(C)C. The molecule has 0 aliphatic carbocycles. The number of hydrogen-bond donors (Lipinski definition) is 1. The van der Waals surface area contributed by atoms with Crippen molar-refractivity contribution in [2.45, 2.75) is 45.3 Å². The first-order valence-corrected chi connectivity index (χ1v) is 7.58. The molecule has 3 heteroatoms. The quantitative estimate of drug-likeness (QED) is 0.919. The van der Waals surface area contributed by atoms with E-state index in [1.165, 1.54) is 5.56 Å². The van der Waals surface area contributed by atoms with Crippen LogP contribution in [0.3, 0.4) is 0 Å². The second-order valence-electron chi connectivity index (χ2n) is 6.73. The van der Waals surface area contributed by atoms with Crippen LogP contribution in [0.25, 0.3) is 0 Å². The molecule has 3 nitrogen and oxygen atoms in total. The highest BCUT2D eigenvalue weighted by Gasteiger charge is 2.39. The van der Waals surface area contributed by atoms with E-state index in [2.05, 4.69) is 56.9 Å². The Morgan fingerprint density at radius 3 is 2.40 bits per heavy atom. The summed E-state index contributed by atoms with van der Waals surface area (Å²) in [7, 11) is 0. The van der Waals surface area contributed by atoms with E-state index in [1.54, 1.807) is 0 Å². The Morgan fingerprint density at radius 2 is 1.85 bits per heavy atom. The number of rotatable bonds is 4. The number of hydrogen-bond acceptors (Lipinski definition) is 3. The Balaban J connectivity index is 2.27. The fourth-order valence-electron chi connectivity index (χ4n) is 3.26. The summed E-state index contributed by atoms with van der Waals surface area (Å²) in [4.78, 5) is 2.54. The van der Waals surface area contributed by atoms with Gasteiger partial charge in [0.15, 0.2) is 0 Å². The van der Waals surface area contributed by atoms with Gasteiger partial charge in [-0.1, -0.05) is 44.2 Å². The van der Waals surface area contributed by atoms with E-state index in [-0.39, 0.29) is 11.6 Å². The number of nitrogens with zero attached hydrogens (tertiary/aromatic N) is 1. The van der Waals surface area contributed by atoms with Gasteiger partial charge in [0, 0.05) is 24.2 Å². The molecule has 2 N–H and O–H groups in total. The largest absolute Gasteiger partial charge is 0.378 e. The Morgan fingerprint density at radius 1 is 1.20 bits per heavy atom. The summed E-state index contributed by atoms with van der Waals surface area (Å²) < 4.78 is 5.65. The van der Waals surface area contributed by atoms with Gasteiger partial charge >= 0.3 is 0 Å². The zero-order valence-corrected chi connectivity index (χ0v) is 13.2. The molecule has 1 heterocycles. The molecule has 1 aromatic rings. The van der Waals surface area contributed by atoms with Crippen LogP contribution in [0.4, 0.5) is 0 Å². The molecular weight excluding hydrogens is 248 g/mol. The molecular formula is C17H28N2O. The third kappa shape index (κ3) is 3.22. The van der Waals surface area contributed by atoms with Crippen molar-refractivity contribution in [1.82, 2.24) is 4.90 Å². The van der Waals surface area contributed by atoms with Crippen molar-refractivity contribution in [2.24, 2.45) is 11.7 Å². The van der Waals surface area contributed by atoms with Crippen LogP contribution < -0.4 is 5.73 Å². The topological polar surface area (TPSA) is 38.5 Å². The summed E-state index contributed by atoms with van der Waals surface area (Å²) >= 11 is 0.